The molecular formula is C15H24O. The van der Waals surface area contributed by atoms with Gasteiger partial charge < -0.3 is 4.74 Å². The zero-order chi connectivity index (χ0) is 12.1. The van der Waals surface area contributed by atoms with Gasteiger partial charge in [0, 0.05) is 0 Å². The van der Waals surface area contributed by atoms with E-state index in [9.17, 15) is 0 Å². The van der Waals surface area contributed by atoms with Crippen LogP contribution in [0.5, 0.6) is 5.75 Å². The zero-order valence-corrected chi connectivity index (χ0v) is 11.2. The van der Waals surface area contributed by atoms with Crippen molar-refractivity contribution in [1.29, 1.82) is 0 Å². The third-order valence-electron chi connectivity index (χ3n) is 2.77. The Balaban J connectivity index is 2.80. The van der Waals surface area contributed by atoms with Crippen molar-refractivity contribution in [3.63, 3.8) is 0 Å². The largest absolute Gasteiger partial charge is 0.491 e. The lowest BCUT2D eigenvalue weighted by Gasteiger charge is -2.16. The summed E-state index contributed by atoms with van der Waals surface area (Å²) in [4.78, 5) is 0. The second-order valence-corrected chi connectivity index (χ2v) is 4.95. The van der Waals surface area contributed by atoms with Gasteiger partial charge in [0.05, 0.1) is 6.10 Å². The van der Waals surface area contributed by atoms with Crippen LogP contribution >= 0.6 is 0 Å². The number of aryl methyl sites for hydroxylation is 1. The van der Waals surface area contributed by atoms with Crippen LogP contribution in [-0.4, -0.2) is 6.10 Å². The average Bonchev–Trinajstić information content (AvgIpc) is 2.16. The van der Waals surface area contributed by atoms with Gasteiger partial charge in [-0.15, -0.1) is 0 Å². The summed E-state index contributed by atoms with van der Waals surface area (Å²) in [5.74, 6) is 1.58. The predicted molar refractivity (Wildman–Crippen MR) is 70.3 cm³/mol. The molecule has 90 valence electrons. The highest BCUT2D eigenvalue weighted by Gasteiger charge is 2.06. The molecule has 0 saturated carbocycles. The van der Waals surface area contributed by atoms with Crippen LogP contribution in [-0.2, 0) is 0 Å². The van der Waals surface area contributed by atoms with Crippen molar-refractivity contribution in [2.75, 3.05) is 0 Å². The smallest absolute Gasteiger partial charge is 0.120 e. The highest BCUT2D eigenvalue weighted by atomic mass is 16.5. The van der Waals surface area contributed by atoms with E-state index in [0.717, 1.165) is 12.2 Å². The van der Waals surface area contributed by atoms with E-state index >= 15 is 0 Å². The van der Waals surface area contributed by atoms with E-state index in [1.165, 1.54) is 17.5 Å². The Kier molecular flexibility index (Phi) is 4.85. The molecule has 0 fully saturated rings. The highest BCUT2D eigenvalue weighted by Crippen LogP contribution is 2.24. The van der Waals surface area contributed by atoms with Crippen molar-refractivity contribution >= 4 is 0 Å². The Bertz CT molecular complexity index is 328. The molecule has 1 heteroatoms. The van der Waals surface area contributed by atoms with Gasteiger partial charge in [0.25, 0.3) is 0 Å². The van der Waals surface area contributed by atoms with Gasteiger partial charge in [-0.05, 0) is 49.4 Å². The first-order chi connectivity index (χ1) is 7.52. The van der Waals surface area contributed by atoms with Crippen molar-refractivity contribution in [2.24, 2.45) is 0 Å². The molecular weight excluding hydrogens is 196 g/mol. The van der Waals surface area contributed by atoms with Crippen LogP contribution in [0.3, 0.4) is 0 Å². The van der Waals surface area contributed by atoms with Crippen molar-refractivity contribution in [2.45, 2.75) is 59.5 Å². The molecule has 16 heavy (non-hydrogen) atoms. The predicted octanol–water partition coefficient (Wildman–Crippen LogP) is 4.69. The lowest BCUT2D eigenvalue weighted by atomic mass is 10.0. The lowest BCUT2D eigenvalue weighted by Crippen LogP contribution is -2.11. The minimum absolute atomic E-state index is 0.312. The van der Waals surface area contributed by atoms with Crippen LogP contribution in [0.2, 0.25) is 0 Å². The summed E-state index contributed by atoms with van der Waals surface area (Å²) < 4.78 is 5.93. The van der Waals surface area contributed by atoms with Crippen molar-refractivity contribution in [1.82, 2.24) is 0 Å². The van der Waals surface area contributed by atoms with E-state index in [-0.39, 0.29) is 0 Å². The Morgan fingerprint density at radius 3 is 2.38 bits per heavy atom. The molecule has 0 heterocycles. The summed E-state index contributed by atoms with van der Waals surface area (Å²) in [5.41, 5.74) is 2.64. The summed E-state index contributed by atoms with van der Waals surface area (Å²) >= 11 is 0. The summed E-state index contributed by atoms with van der Waals surface area (Å²) in [6, 6.07) is 6.53. The third-order valence-corrected chi connectivity index (χ3v) is 2.77. The molecule has 1 atom stereocenters. The van der Waals surface area contributed by atoms with Gasteiger partial charge in [-0.25, -0.2) is 0 Å². The van der Waals surface area contributed by atoms with Crippen molar-refractivity contribution < 1.29 is 4.74 Å². The van der Waals surface area contributed by atoms with Gasteiger partial charge in [-0.2, -0.15) is 0 Å². The first kappa shape index (κ1) is 13.1. The standard InChI is InChI=1S/C15H24O/c1-6-7-13(5)16-15-9-12(4)8-14(10-15)11(2)3/h8-11,13H,6-7H2,1-5H3. The molecule has 1 nitrogen and oxygen atoms in total. The first-order valence-electron chi connectivity index (χ1n) is 6.31. The van der Waals surface area contributed by atoms with E-state index in [2.05, 4.69) is 52.8 Å². The highest BCUT2D eigenvalue weighted by molar-refractivity contribution is 5.35. The Morgan fingerprint density at radius 2 is 1.81 bits per heavy atom. The molecule has 0 aliphatic rings. The molecule has 1 aromatic rings. The Hall–Kier alpha value is -0.980. The monoisotopic (exact) mass is 220 g/mol. The third kappa shape index (κ3) is 3.88. The normalized spacial score (nSPS) is 12.9. The van der Waals surface area contributed by atoms with Crippen LogP contribution in [0.4, 0.5) is 0 Å². The lowest BCUT2D eigenvalue weighted by molar-refractivity contribution is 0.209. The van der Waals surface area contributed by atoms with Crippen LogP contribution in [0.25, 0.3) is 0 Å². The van der Waals surface area contributed by atoms with Crippen molar-refractivity contribution in [3.05, 3.63) is 29.3 Å². The van der Waals surface area contributed by atoms with Gasteiger partial charge in [-0.1, -0.05) is 33.3 Å². The Labute approximate surface area is 99.8 Å². The number of ether oxygens (including phenoxy) is 1. The molecule has 1 rings (SSSR count). The molecule has 0 aromatic heterocycles. The van der Waals surface area contributed by atoms with E-state index in [1.54, 1.807) is 0 Å². The minimum Gasteiger partial charge on any atom is -0.491 e. The molecule has 0 saturated heterocycles. The Morgan fingerprint density at radius 1 is 1.12 bits per heavy atom. The van der Waals surface area contributed by atoms with E-state index in [1.807, 2.05) is 0 Å². The number of rotatable bonds is 5. The fourth-order valence-corrected chi connectivity index (χ4v) is 1.88. The molecule has 0 amide bonds. The maximum atomic E-state index is 5.93. The van der Waals surface area contributed by atoms with E-state index in [4.69, 9.17) is 4.74 Å². The first-order valence-corrected chi connectivity index (χ1v) is 6.31. The average molecular weight is 220 g/mol. The van der Waals surface area contributed by atoms with Gasteiger partial charge in [0.2, 0.25) is 0 Å². The molecule has 0 bridgehead atoms. The fourth-order valence-electron chi connectivity index (χ4n) is 1.88. The van der Waals surface area contributed by atoms with Crippen molar-refractivity contribution in [3.8, 4) is 5.75 Å². The SMILES string of the molecule is CCCC(C)Oc1cc(C)cc(C(C)C)c1. The summed E-state index contributed by atoms with van der Waals surface area (Å²) in [6.07, 6.45) is 2.60. The summed E-state index contributed by atoms with van der Waals surface area (Å²) in [6.45, 7) is 10.9. The van der Waals surface area contributed by atoms with E-state index in [0.29, 0.717) is 12.0 Å². The van der Waals surface area contributed by atoms with Crippen LogP contribution in [0.1, 0.15) is 57.6 Å². The molecule has 1 aromatic carbocycles. The maximum absolute atomic E-state index is 5.93. The summed E-state index contributed by atoms with van der Waals surface area (Å²) in [5, 5.41) is 0. The number of hydrogen-bond donors (Lipinski definition) is 0. The van der Waals surface area contributed by atoms with Crippen LogP contribution in [0.15, 0.2) is 18.2 Å². The molecule has 0 N–H and O–H groups in total. The molecule has 0 aliphatic carbocycles. The second kappa shape index (κ2) is 5.93. The molecule has 1 unspecified atom stereocenters. The quantitative estimate of drug-likeness (QED) is 0.699. The van der Waals surface area contributed by atoms with Crippen LogP contribution < -0.4 is 4.74 Å². The summed E-state index contributed by atoms with van der Waals surface area (Å²) in [7, 11) is 0. The number of benzene rings is 1. The van der Waals surface area contributed by atoms with Gasteiger partial charge in [0.15, 0.2) is 0 Å². The molecule has 0 radical (unpaired) electrons. The zero-order valence-electron chi connectivity index (χ0n) is 11.2. The topological polar surface area (TPSA) is 9.23 Å². The van der Waals surface area contributed by atoms with Gasteiger partial charge in [-0.3, -0.25) is 0 Å². The number of hydrogen-bond acceptors (Lipinski definition) is 1. The maximum Gasteiger partial charge on any atom is 0.120 e. The fraction of sp³-hybridized carbons (Fsp3) is 0.600. The molecule has 0 aliphatic heterocycles. The van der Waals surface area contributed by atoms with Gasteiger partial charge >= 0.3 is 0 Å². The second-order valence-electron chi connectivity index (χ2n) is 4.95. The van der Waals surface area contributed by atoms with Crippen LogP contribution in [0, 0.1) is 6.92 Å². The molecule has 0 spiro atoms. The van der Waals surface area contributed by atoms with Gasteiger partial charge in [0.1, 0.15) is 5.75 Å². The minimum atomic E-state index is 0.312. The van der Waals surface area contributed by atoms with E-state index < -0.39 is 0 Å².